The van der Waals surface area contributed by atoms with Crippen LogP contribution < -0.4 is 15.7 Å². The van der Waals surface area contributed by atoms with E-state index in [0.717, 1.165) is 5.56 Å². The molecule has 0 unspecified atom stereocenters. The number of benzene rings is 3. The molecule has 184 valence electrons. The molecular formula is C29H35NO4Si. The molecule has 0 bridgehead atoms. The first-order valence-electron chi connectivity index (χ1n) is 12.2. The fourth-order valence-electron chi connectivity index (χ4n) is 4.82. The number of hydrogen-bond acceptors (Lipinski definition) is 4. The average Bonchev–Trinajstić information content (AvgIpc) is 3.22. The standard InChI is InChI=1S/C29H35NO4Si/c1-29(2,3)35(25-15-9-5-10-16-25,26-17-11-6-12-18-26)34-21-24-19-27(28(31)30-24)33-22-32-20-23-13-7-4-8-14-23/h4-18,24,27H,19-22H2,1-3H3,(H,30,31)/t24-,27+/m1/s1. The Bertz CT molecular complexity index is 1030. The van der Waals surface area contributed by atoms with Crippen molar-refractivity contribution in [2.45, 2.75) is 51.0 Å². The monoisotopic (exact) mass is 489 g/mol. The number of carbonyl (C=O) groups is 1. The molecule has 0 aliphatic carbocycles. The van der Waals surface area contributed by atoms with Crippen LogP contribution in [-0.2, 0) is 25.3 Å². The van der Waals surface area contributed by atoms with E-state index >= 15 is 0 Å². The van der Waals surface area contributed by atoms with Crippen molar-refractivity contribution in [1.29, 1.82) is 0 Å². The average molecular weight is 490 g/mol. The predicted octanol–water partition coefficient (Wildman–Crippen LogP) is 4.01. The molecule has 1 heterocycles. The topological polar surface area (TPSA) is 56.8 Å². The van der Waals surface area contributed by atoms with Gasteiger partial charge >= 0.3 is 0 Å². The fraction of sp³-hybridized carbons (Fsp3) is 0.345. The van der Waals surface area contributed by atoms with Crippen LogP contribution in [0.15, 0.2) is 91.0 Å². The van der Waals surface area contributed by atoms with Gasteiger partial charge in [-0.15, -0.1) is 0 Å². The molecule has 1 N–H and O–H groups in total. The Hall–Kier alpha value is -2.77. The SMILES string of the molecule is CC(C)(C)[Si](OC[C@H]1C[C@H](OCOCc2ccccc2)C(=O)N1)(c1ccccc1)c1ccccc1. The molecule has 1 aliphatic rings. The van der Waals surface area contributed by atoms with Crippen molar-refractivity contribution >= 4 is 24.6 Å². The molecule has 0 spiro atoms. The summed E-state index contributed by atoms with van der Waals surface area (Å²) >= 11 is 0. The Balaban J connectivity index is 1.42. The highest BCUT2D eigenvalue weighted by atomic mass is 28.4. The van der Waals surface area contributed by atoms with Gasteiger partial charge < -0.3 is 19.2 Å². The van der Waals surface area contributed by atoms with Crippen LogP contribution in [0.1, 0.15) is 32.8 Å². The minimum atomic E-state index is -2.65. The van der Waals surface area contributed by atoms with E-state index in [-0.39, 0.29) is 23.8 Å². The molecule has 0 saturated carbocycles. The van der Waals surface area contributed by atoms with Crippen LogP contribution in [-0.4, -0.2) is 39.8 Å². The Morgan fingerprint density at radius 3 is 1.94 bits per heavy atom. The highest BCUT2D eigenvalue weighted by molar-refractivity contribution is 6.99. The summed E-state index contributed by atoms with van der Waals surface area (Å²) < 4.78 is 18.3. The molecule has 1 fully saturated rings. The third-order valence-electron chi connectivity index (χ3n) is 6.52. The zero-order chi connectivity index (χ0) is 24.7. The molecule has 1 aliphatic heterocycles. The Morgan fingerprint density at radius 2 is 1.40 bits per heavy atom. The van der Waals surface area contributed by atoms with E-state index in [1.165, 1.54) is 10.4 Å². The van der Waals surface area contributed by atoms with Crippen LogP contribution in [0.25, 0.3) is 0 Å². The predicted molar refractivity (Wildman–Crippen MR) is 141 cm³/mol. The van der Waals surface area contributed by atoms with Gasteiger partial charge in [0.15, 0.2) is 0 Å². The van der Waals surface area contributed by atoms with Gasteiger partial charge in [0.1, 0.15) is 12.9 Å². The Labute approximate surface area is 209 Å². The van der Waals surface area contributed by atoms with E-state index in [1.54, 1.807) is 0 Å². The summed E-state index contributed by atoms with van der Waals surface area (Å²) in [5.41, 5.74) is 1.07. The highest BCUT2D eigenvalue weighted by Gasteiger charge is 2.50. The first kappa shape index (κ1) is 25.3. The minimum absolute atomic E-state index is 0.0786. The van der Waals surface area contributed by atoms with E-state index in [1.807, 2.05) is 42.5 Å². The van der Waals surface area contributed by atoms with Crippen LogP contribution in [0, 0.1) is 0 Å². The molecule has 4 rings (SSSR count). The molecule has 3 aromatic rings. The lowest BCUT2D eigenvalue weighted by Gasteiger charge is -2.43. The maximum atomic E-state index is 12.6. The third-order valence-corrected chi connectivity index (χ3v) is 11.5. The van der Waals surface area contributed by atoms with E-state index < -0.39 is 14.4 Å². The molecule has 0 aromatic heterocycles. The number of ether oxygens (including phenoxy) is 2. The molecule has 1 amide bonds. The van der Waals surface area contributed by atoms with Gasteiger partial charge in [-0.05, 0) is 21.0 Å². The first-order chi connectivity index (χ1) is 16.9. The van der Waals surface area contributed by atoms with Crippen molar-refractivity contribution in [3.05, 3.63) is 96.6 Å². The van der Waals surface area contributed by atoms with Crippen molar-refractivity contribution in [3.63, 3.8) is 0 Å². The summed E-state index contributed by atoms with van der Waals surface area (Å²) in [7, 11) is -2.65. The molecule has 6 heteroatoms. The summed E-state index contributed by atoms with van der Waals surface area (Å²) in [6.45, 7) is 7.72. The van der Waals surface area contributed by atoms with E-state index in [2.05, 4.69) is 74.6 Å². The minimum Gasteiger partial charge on any atom is -0.405 e. The smallest absolute Gasteiger partial charge is 0.261 e. The number of carbonyl (C=O) groups excluding carboxylic acids is 1. The van der Waals surface area contributed by atoms with Gasteiger partial charge in [-0.25, -0.2) is 0 Å². The van der Waals surface area contributed by atoms with Crippen molar-refractivity contribution in [1.82, 2.24) is 5.32 Å². The van der Waals surface area contributed by atoms with Gasteiger partial charge in [0.2, 0.25) is 5.91 Å². The van der Waals surface area contributed by atoms with Gasteiger partial charge in [-0.3, -0.25) is 4.79 Å². The van der Waals surface area contributed by atoms with Crippen LogP contribution in [0.2, 0.25) is 5.04 Å². The zero-order valence-electron chi connectivity index (χ0n) is 20.8. The van der Waals surface area contributed by atoms with Crippen LogP contribution in [0.3, 0.4) is 0 Å². The second-order valence-electron chi connectivity index (χ2n) is 10.0. The Morgan fingerprint density at radius 1 is 0.857 bits per heavy atom. The van der Waals surface area contributed by atoms with Gasteiger partial charge in [0, 0.05) is 6.42 Å². The molecule has 0 radical (unpaired) electrons. The van der Waals surface area contributed by atoms with Gasteiger partial charge in [0.05, 0.1) is 19.3 Å². The van der Waals surface area contributed by atoms with Crippen LogP contribution in [0.4, 0.5) is 0 Å². The number of rotatable bonds is 10. The van der Waals surface area contributed by atoms with Crippen LogP contribution in [0.5, 0.6) is 0 Å². The van der Waals surface area contributed by atoms with E-state index in [4.69, 9.17) is 13.9 Å². The van der Waals surface area contributed by atoms with Crippen molar-refractivity contribution in [3.8, 4) is 0 Å². The highest BCUT2D eigenvalue weighted by Crippen LogP contribution is 2.37. The lowest BCUT2D eigenvalue weighted by Crippen LogP contribution is -2.67. The van der Waals surface area contributed by atoms with Crippen LogP contribution >= 0.6 is 0 Å². The maximum Gasteiger partial charge on any atom is 0.261 e. The van der Waals surface area contributed by atoms with E-state index in [9.17, 15) is 4.79 Å². The molecule has 1 saturated heterocycles. The van der Waals surface area contributed by atoms with Gasteiger partial charge in [-0.2, -0.15) is 0 Å². The number of amides is 1. The molecule has 3 aromatic carbocycles. The lowest BCUT2D eigenvalue weighted by molar-refractivity contribution is -0.140. The quantitative estimate of drug-likeness (QED) is 0.266. The number of hydrogen-bond donors (Lipinski definition) is 1. The van der Waals surface area contributed by atoms with Crippen molar-refractivity contribution < 1.29 is 18.7 Å². The summed E-state index contributed by atoms with van der Waals surface area (Å²) in [6, 6.07) is 30.9. The second-order valence-corrected chi connectivity index (χ2v) is 14.3. The third kappa shape index (κ3) is 5.90. The normalized spacial score (nSPS) is 18.4. The zero-order valence-corrected chi connectivity index (χ0v) is 21.8. The molecule has 5 nitrogen and oxygen atoms in total. The summed E-state index contributed by atoms with van der Waals surface area (Å²) in [6.07, 6.45) is 0.0321. The Kier molecular flexibility index (Phi) is 8.18. The lowest BCUT2D eigenvalue weighted by atomic mass is 10.2. The molecule has 35 heavy (non-hydrogen) atoms. The van der Waals surface area contributed by atoms with Crippen molar-refractivity contribution in [2.24, 2.45) is 0 Å². The fourth-order valence-corrected chi connectivity index (χ4v) is 9.43. The molecular weight excluding hydrogens is 454 g/mol. The molecule has 2 atom stereocenters. The van der Waals surface area contributed by atoms with Gasteiger partial charge in [-0.1, -0.05) is 112 Å². The largest absolute Gasteiger partial charge is 0.405 e. The van der Waals surface area contributed by atoms with E-state index in [0.29, 0.717) is 19.6 Å². The van der Waals surface area contributed by atoms with Crippen molar-refractivity contribution in [2.75, 3.05) is 13.4 Å². The maximum absolute atomic E-state index is 12.6. The first-order valence-corrected chi connectivity index (χ1v) is 14.1. The second kappa shape index (κ2) is 11.3. The summed E-state index contributed by atoms with van der Waals surface area (Å²) in [5.74, 6) is -0.107. The number of nitrogens with one attached hydrogen (secondary N) is 1. The van der Waals surface area contributed by atoms with Gasteiger partial charge in [0.25, 0.3) is 8.32 Å². The summed E-state index contributed by atoms with van der Waals surface area (Å²) in [5, 5.41) is 5.41. The summed E-state index contributed by atoms with van der Waals surface area (Å²) in [4.78, 5) is 12.6.